The van der Waals surface area contributed by atoms with E-state index in [1.54, 1.807) is 23.6 Å². The number of rotatable bonds is 4. The third kappa shape index (κ3) is 4.52. The molecular weight excluding hydrogens is 337 g/mol. The lowest BCUT2D eigenvalue weighted by molar-refractivity contribution is -0.112. The number of carbonyl (C=O) groups excluding carboxylic acids is 1. The second-order valence-electron chi connectivity index (χ2n) is 6.07. The zero-order valence-corrected chi connectivity index (χ0v) is 14.5. The Morgan fingerprint density at radius 1 is 1.28 bits per heavy atom. The second kappa shape index (κ2) is 8.04. The highest BCUT2D eigenvalue weighted by Crippen LogP contribution is 2.35. The number of aromatic nitrogens is 1. The molecule has 1 aromatic carbocycles. The molecule has 0 radical (unpaired) electrons. The summed E-state index contributed by atoms with van der Waals surface area (Å²) in [6.07, 6.45) is 9.36. The smallest absolute Gasteiger partial charge is 0.266 e. The van der Waals surface area contributed by atoms with Crippen molar-refractivity contribution in [1.82, 2.24) is 4.98 Å². The molecule has 0 unspecified atom stereocenters. The molecule has 6 heteroatoms. The molecule has 1 aliphatic rings. The summed E-state index contributed by atoms with van der Waals surface area (Å²) >= 11 is 1.54. The van der Waals surface area contributed by atoms with Gasteiger partial charge in [-0.1, -0.05) is 19.3 Å². The van der Waals surface area contributed by atoms with Gasteiger partial charge in [0.1, 0.15) is 17.5 Å². The average Bonchev–Trinajstić information content (AvgIpc) is 3.11. The van der Waals surface area contributed by atoms with Crippen LogP contribution in [0.1, 0.15) is 47.9 Å². The quantitative estimate of drug-likeness (QED) is 0.628. The Bertz CT molecular complexity index is 814. The first-order valence-corrected chi connectivity index (χ1v) is 9.12. The lowest BCUT2D eigenvalue weighted by Crippen LogP contribution is -2.13. The van der Waals surface area contributed by atoms with E-state index in [9.17, 15) is 14.4 Å². The number of nitriles is 1. The molecule has 3 rings (SSSR count). The van der Waals surface area contributed by atoms with E-state index < -0.39 is 5.91 Å². The van der Waals surface area contributed by atoms with Crippen molar-refractivity contribution < 1.29 is 9.18 Å². The molecule has 1 aromatic heterocycles. The number of nitrogens with one attached hydrogen (secondary N) is 1. The van der Waals surface area contributed by atoms with Gasteiger partial charge in [0.15, 0.2) is 0 Å². The summed E-state index contributed by atoms with van der Waals surface area (Å²) in [5, 5.41) is 13.0. The van der Waals surface area contributed by atoms with Crippen molar-refractivity contribution >= 4 is 29.0 Å². The number of carbonyl (C=O) groups is 1. The van der Waals surface area contributed by atoms with Crippen LogP contribution in [0.5, 0.6) is 0 Å². The molecule has 1 aliphatic carbocycles. The number of thiazole rings is 1. The fraction of sp³-hybridized carbons (Fsp3) is 0.316. The Kier molecular flexibility index (Phi) is 5.56. The Morgan fingerprint density at radius 2 is 2.00 bits per heavy atom. The van der Waals surface area contributed by atoms with Gasteiger partial charge >= 0.3 is 0 Å². The number of hydrogen-bond acceptors (Lipinski definition) is 4. The zero-order chi connectivity index (χ0) is 17.6. The van der Waals surface area contributed by atoms with Crippen molar-refractivity contribution in [2.45, 2.75) is 38.0 Å². The Labute approximate surface area is 150 Å². The van der Waals surface area contributed by atoms with Gasteiger partial charge in [0.2, 0.25) is 0 Å². The average molecular weight is 355 g/mol. The van der Waals surface area contributed by atoms with Crippen molar-refractivity contribution in [2.24, 2.45) is 0 Å². The van der Waals surface area contributed by atoms with E-state index in [2.05, 4.69) is 10.3 Å². The van der Waals surface area contributed by atoms with Crippen molar-refractivity contribution in [3.63, 3.8) is 0 Å². The van der Waals surface area contributed by atoms with Gasteiger partial charge in [-0.25, -0.2) is 9.37 Å². The highest BCUT2D eigenvalue weighted by molar-refractivity contribution is 7.12. The first kappa shape index (κ1) is 17.3. The van der Waals surface area contributed by atoms with E-state index in [1.807, 2.05) is 6.07 Å². The molecule has 0 spiro atoms. The van der Waals surface area contributed by atoms with Gasteiger partial charge in [0.25, 0.3) is 5.91 Å². The topological polar surface area (TPSA) is 65.8 Å². The van der Waals surface area contributed by atoms with E-state index in [1.165, 1.54) is 43.5 Å². The summed E-state index contributed by atoms with van der Waals surface area (Å²) in [7, 11) is 0. The molecule has 25 heavy (non-hydrogen) atoms. The molecule has 0 atom stereocenters. The molecule has 0 aliphatic heterocycles. The van der Waals surface area contributed by atoms with Gasteiger partial charge in [-0.15, -0.1) is 11.3 Å². The fourth-order valence-corrected chi connectivity index (χ4v) is 3.96. The van der Waals surface area contributed by atoms with Gasteiger partial charge in [0, 0.05) is 22.7 Å². The van der Waals surface area contributed by atoms with Crippen LogP contribution in [-0.2, 0) is 4.79 Å². The van der Waals surface area contributed by atoms with Crippen molar-refractivity contribution in [1.29, 1.82) is 5.26 Å². The monoisotopic (exact) mass is 355 g/mol. The van der Waals surface area contributed by atoms with Gasteiger partial charge in [-0.05, 0) is 43.2 Å². The van der Waals surface area contributed by atoms with Crippen LogP contribution in [0.4, 0.5) is 10.1 Å². The molecule has 1 saturated carbocycles. The van der Waals surface area contributed by atoms with Crippen LogP contribution >= 0.6 is 11.3 Å². The van der Waals surface area contributed by atoms with E-state index in [-0.39, 0.29) is 11.4 Å². The predicted molar refractivity (Wildman–Crippen MR) is 96.6 cm³/mol. The molecule has 1 fully saturated rings. The van der Waals surface area contributed by atoms with E-state index in [0.717, 1.165) is 22.7 Å². The lowest BCUT2D eigenvalue weighted by Gasteiger charge is -2.18. The summed E-state index contributed by atoms with van der Waals surface area (Å²) in [5.74, 6) is -0.393. The molecule has 128 valence electrons. The highest BCUT2D eigenvalue weighted by Gasteiger charge is 2.19. The van der Waals surface area contributed by atoms with Crippen molar-refractivity contribution in [2.75, 3.05) is 5.32 Å². The Balaban J connectivity index is 1.71. The van der Waals surface area contributed by atoms with Crippen LogP contribution in [0.3, 0.4) is 0 Å². The van der Waals surface area contributed by atoms with E-state index in [4.69, 9.17) is 0 Å². The van der Waals surface area contributed by atoms with Crippen LogP contribution in [0.15, 0.2) is 36.0 Å². The minimum atomic E-state index is -0.512. The van der Waals surface area contributed by atoms with E-state index in [0.29, 0.717) is 11.6 Å². The first-order chi connectivity index (χ1) is 12.2. The standard InChI is InChI=1S/C19H18FN3OS/c20-15-6-8-16(9-7-15)23-18(24)14(11-21)10-17-12-22-19(25-17)13-4-2-1-3-5-13/h6-10,12-13H,1-5H2,(H,23,24). The Hall–Kier alpha value is -2.52. The number of benzene rings is 1. The maximum Gasteiger partial charge on any atom is 0.266 e. The molecule has 0 bridgehead atoms. The molecule has 1 heterocycles. The zero-order valence-electron chi connectivity index (χ0n) is 13.7. The summed E-state index contributed by atoms with van der Waals surface area (Å²) in [5.41, 5.74) is 0.447. The molecule has 1 N–H and O–H groups in total. The molecule has 1 amide bonds. The van der Waals surface area contributed by atoms with Crippen LogP contribution in [0.2, 0.25) is 0 Å². The minimum Gasteiger partial charge on any atom is -0.321 e. The van der Waals surface area contributed by atoms with Gasteiger partial charge in [-0.2, -0.15) is 5.26 Å². The maximum absolute atomic E-state index is 12.9. The van der Waals surface area contributed by atoms with Crippen molar-refractivity contribution in [3.05, 3.63) is 51.7 Å². The van der Waals surface area contributed by atoms with Crippen LogP contribution in [0, 0.1) is 17.1 Å². The molecule has 0 saturated heterocycles. The first-order valence-electron chi connectivity index (χ1n) is 8.30. The third-order valence-electron chi connectivity index (χ3n) is 4.25. The van der Waals surface area contributed by atoms with Gasteiger partial charge in [-0.3, -0.25) is 4.79 Å². The minimum absolute atomic E-state index is 0.00293. The Morgan fingerprint density at radius 3 is 2.68 bits per heavy atom. The number of hydrogen-bond donors (Lipinski definition) is 1. The van der Waals surface area contributed by atoms with Crippen LogP contribution in [0.25, 0.3) is 6.08 Å². The predicted octanol–water partition coefficient (Wildman–Crippen LogP) is 4.88. The summed E-state index contributed by atoms with van der Waals surface area (Å²) in [6.45, 7) is 0. The number of anilines is 1. The normalized spacial score (nSPS) is 15.6. The van der Waals surface area contributed by atoms with Crippen molar-refractivity contribution in [3.8, 4) is 6.07 Å². The highest BCUT2D eigenvalue weighted by atomic mass is 32.1. The van der Waals surface area contributed by atoms with Crippen LogP contribution in [-0.4, -0.2) is 10.9 Å². The lowest BCUT2D eigenvalue weighted by atomic mass is 9.90. The summed E-state index contributed by atoms with van der Waals surface area (Å²) in [4.78, 5) is 17.5. The maximum atomic E-state index is 12.9. The molecular formula is C19H18FN3OS. The molecule has 4 nitrogen and oxygen atoms in total. The number of amides is 1. The number of nitrogens with zero attached hydrogens (tertiary/aromatic N) is 2. The van der Waals surface area contributed by atoms with Crippen LogP contribution < -0.4 is 5.32 Å². The largest absolute Gasteiger partial charge is 0.321 e. The number of halogens is 1. The SMILES string of the molecule is N#CC(=Cc1cnc(C2CCCCC2)s1)C(=O)Nc1ccc(F)cc1. The summed E-state index contributed by atoms with van der Waals surface area (Å²) < 4.78 is 12.9. The second-order valence-corrected chi connectivity index (χ2v) is 7.16. The third-order valence-corrected chi connectivity index (χ3v) is 5.36. The summed E-state index contributed by atoms with van der Waals surface area (Å²) in [6, 6.07) is 7.34. The van der Waals surface area contributed by atoms with Gasteiger partial charge < -0.3 is 5.32 Å². The molecule has 2 aromatic rings. The fourth-order valence-electron chi connectivity index (χ4n) is 2.93. The van der Waals surface area contributed by atoms with E-state index >= 15 is 0 Å². The van der Waals surface area contributed by atoms with Gasteiger partial charge in [0.05, 0.1) is 5.01 Å².